The lowest BCUT2D eigenvalue weighted by Gasteiger charge is -2.21. The lowest BCUT2D eigenvalue weighted by atomic mass is 9.77. The second-order valence-corrected chi connectivity index (χ2v) is 6.91. The van der Waals surface area contributed by atoms with Crippen LogP contribution in [-0.4, -0.2) is 35.2 Å². The van der Waals surface area contributed by atoms with Gasteiger partial charge in [0.15, 0.2) is 0 Å². The van der Waals surface area contributed by atoms with Crippen molar-refractivity contribution >= 4 is 17.6 Å². The van der Waals surface area contributed by atoms with E-state index in [1.165, 1.54) is 5.56 Å². The number of hydrogen-bond donors (Lipinski definition) is 1. The van der Waals surface area contributed by atoms with Crippen LogP contribution in [0, 0.1) is 11.8 Å². The highest BCUT2D eigenvalue weighted by Crippen LogP contribution is 2.52. The molecule has 1 amide bonds. The van der Waals surface area contributed by atoms with Gasteiger partial charge in [0.2, 0.25) is 5.91 Å². The second kappa shape index (κ2) is 4.68. The van der Waals surface area contributed by atoms with E-state index in [0.717, 1.165) is 5.69 Å². The molecule has 0 saturated carbocycles. The molecule has 1 spiro atoms. The maximum absolute atomic E-state index is 12.9. The number of aliphatic carboxylic acids is 1. The number of anilines is 1. The summed E-state index contributed by atoms with van der Waals surface area (Å²) in [5.41, 5.74) is 1.23. The number of ether oxygens (including phenoxy) is 1. The van der Waals surface area contributed by atoms with Crippen molar-refractivity contribution in [3.8, 4) is 0 Å². The van der Waals surface area contributed by atoms with Gasteiger partial charge in [-0.25, -0.2) is 0 Å². The highest BCUT2D eigenvalue weighted by atomic mass is 16.5. The molecule has 0 aliphatic carbocycles. The summed E-state index contributed by atoms with van der Waals surface area (Å²) >= 11 is 0. The van der Waals surface area contributed by atoms with Crippen molar-refractivity contribution in [3.63, 3.8) is 0 Å². The predicted octanol–water partition coefficient (Wildman–Crippen LogP) is 2.18. The van der Waals surface area contributed by atoms with Gasteiger partial charge in [-0.2, -0.15) is 0 Å². The Kier molecular flexibility index (Phi) is 2.94. The maximum atomic E-state index is 12.9. The van der Waals surface area contributed by atoms with Gasteiger partial charge in [-0.05, 0) is 23.6 Å². The van der Waals surface area contributed by atoms with Crippen LogP contribution in [0.2, 0.25) is 0 Å². The Bertz CT molecular complexity index is 708. The first-order chi connectivity index (χ1) is 10.9. The molecular weight excluding hydrogens is 294 g/mol. The molecule has 1 N–H and O–H groups in total. The highest BCUT2D eigenvalue weighted by Gasteiger charge is 2.67. The van der Waals surface area contributed by atoms with Crippen LogP contribution in [0.5, 0.6) is 0 Å². The average Bonchev–Trinajstić information content (AvgIpc) is 3.15. The second-order valence-electron chi connectivity index (χ2n) is 6.91. The first-order valence-corrected chi connectivity index (χ1v) is 7.94. The van der Waals surface area contributed by atoms with Crippen LogP contribution in [0.4, 0.5) is 5.69 Å². The third-order valence-electron chi connectivity index (χ3n) is 5.26. The summed E-state index contributed by atoms with van der Waals surface area (Å²) in [4.78, 5) is 26.1. The van der Waals surface area contributed by atoms with Gasteiger partial charge in [0.25, 0.3) is 0 Å². The van der Waals surface area contributed by atoms with Crippen LogP contribution in [-0.2, 0) is 14.3 Å². The summed E-state index contributed by atoms with van der Waals surface area (Å²) in [5.74, 6) is -2.10. The van der Waals surface area contributed by atoms with Gasteiger partial charge >= 0.3 is 5.97 Å². The quantitative estimate of drug-likeness (QED) is 0.869. The van der Waals surface area contributed by atoms with E-state index in [9.17, 15) is 14.7 Å². The van der Waals surface area contributed by atoms with Crippen LogP contribution in [0.1, 0.15) is 25.3 Å². The molecule has 4 rings (SSSR count). The standard InChI is InChI=1S/C18H19NO4/c1-10(2)11-3-5-12(6-4-11)19-9-18-8-7-13(23-18)14(17(21)22)15(18)16(19)20/h3-8,10,13-15H,9H2,1-2H3,(H,21,22)/t13-,14-,15+,18+/m1/s1. The van der Waals surface area contributed by atoms with Crippen LogP contribution in [0.15, 0.2) is 36.4 Å². The lowest BCUT2D eigenvalue weighted by Crippen LogP contribution is -2.39. The van der Waals surface area contributed by atoms with E-state index < -0.39 is 29.5 Å². The fourth-order valence-corrected chi connectivity index (χ4v) is 4.04. The zero-order valence-corrected chi connectivity index (χ0v) is 13.1. The Balaban J connectivity index is 1.67. The molecule has 0 aromatic heterocycles. The molecule has 0 radical (unpaired) electrons. The maximum Gasteiger partial charge on any atom is 0.310 e. The van der Waals surface area contributed by atoms with Crippen molar-refractivity contribution in [3.05, 3.63) is 42.0 Å². The molecule has 5 heteroatoms. The smallest absolute Gasteiger partial charge is 0.310 e. The number of hydrogen-bond acceptors (Lipinski definition) is 3. The average molecular weight is 313 g/mol. The van der Waals surface area contributed by atoms with Gasteiger partial charge in [0, 0.05) is 5.69 Å². The predicted molar refractivity (Wildman–Crippen MR) is 84.2 cm³/mol. The molecule has 1 aromatic rings. The van der Waals surface area contributed by atoms with Crippen molar-refractivity contribution in [2.24, 2.45) is 11.8 Å². The minimum Gasteiger partial charge on any atom is -0.481 e. The Labute approximate surface area is 134 Å². The van der Waals surface area contributed by atoms with Gasteiger partial charge < -0.3 is 14.7 Å². The number of fused-ring (bicyclic) bond motifs is 1. The molecule has 4 atom stereocenters. The Morgan fingerprint density at radius 2 is 2.04 bits per heavy atom. The Morgan fingerprint density at radius 1 is 1.35 bits per heavy atom. The van der Waals surface area contributed by atoms with Crippen molar-refractivity contribution in [2.45, 2.75) is 31.5 Å². The molecule has 2 fully saturated rings. The molecule has 3 heterocycles. The molecule has 0 unspecified atom stereocenters. The van der Waals surface area contributed by atoms with Crippen molar-refractivity contribution < 1.29 is 19.4 Å². The number of amides is 1. The number of rotatable bonds is 3. The highest BCUT2D eigenvalue weighted by molar-refractivity contribution is 6.02. The number of carbonyl (C=O) groups is 2. The van der Waals surface area contributed by atoms with Crippen LogP contribution < -0.4 is 4.90 Å². The molecule has 3 aliphatic heterocycles. The molecule has 3 aliphatic rings. The number of benzene rings is 1. The number of carbonyl (C=O) groups excluding carboxylic acids is 1. The molecular formula is C18H19NO4. The third-order valence-corrected chi connectivity index (χ3v) is 5.26. The van der Waals surface area contributed by atoms with Crippen LogP contribution >= 0.6 is 0 Å². The van der Waals surface area contributed by atoms with Gasteiger partial charge in [0.05, 0.1) is 18.6 Å². The number of carboxylic acid groups (broad SMARTS) is 1. The summed E-state index contributed by atoms with van der Waals surface area (Å²) in [7, 11) is 0. The minimum absolute atomic E-state index is 0.151. The van der Waals surface area contributed by atoms with Gasteiger partial charge in [-0.1, -0.05) is 38.1 Å². The number of nitrogens with zero attached hydrogens (tertiary/aromatic N) is 1. The van der Waals surface area contributed by atoms with E-state index in [2.05, 4.69) is 13.8 Å². The molecule has 120 valence electrons. The molecule has 2 bridgehead atoms. The molecule has 23 heavy (non-hydrogen) atoms. The van der Waals surface area contributed by atoms with Crippen molar-refractivity contribution in [1.29, 1.82) is 0 Å². The zero-order valence-electron chi connectivity index (χ0n) is 13.1. The summed E-state index contributed by atoms with van der Waals surface area (Å²) in [5, 5.41) is 9.47. The zero-order chi connectivity index (χ0) is 16.4. The van der Waals surface area contributed by atoms with E-state index in [1.54, 1.807) is 11.0 Å². The van der Waals surface area contributed by atoms with Crippen molar-refractivity contribution in [1.82, 2.24) is 0 Å². The van der Waals surface area contributed by atoms with Gasteiger partial charge in [-0.15, -0.1) is 0 Å². The van der Waals surface area contributed by atoms with E-state index in [1.807, 2.05) is 30.3 Å². The summed E-state index contributed by atoms with van der Waals surface area (Å²) in [6.45, 7) is 4.62. The molecule has 2 saturated heterocycles. The SMILES string of the molecule is CC(C)c1ccc(N2C[C@]34C=C[C@@H](O3)[C@@H](C(=O)O)[C@H]4C2=O)cc1. The fourth-order valence-electron chi connectivity index (χ4n) is 4.04. The molecule has 1 aromatic carbocycles. The van der Waals surface area contributed by atoms with Crippen molar-refractivity contribution in [2.75, 3.05) is 11.4 Å². The normalized spacial score (nSPS) is 34.5. The fraction of sp³-hybridized carbons (Fsp3) is 0.444. The number of carboxylic acids is 1. The van der Waals surface area contributed by atoms with E-state index >= 15 is 0 Å². The first kappa shape index (κ1) is 14.5. The van der Waals surface area contributed by atoms with E-state index in [4.69, 9.17) is 4.74 Å². The van der Waals surface area contributed by atoms with Crippen LogP contribution in [0.3, 0.4) is 0 Å². The largest absolute Gasteiger partial charge is 0.481 e. The van der Waals surface area contributed by atoms with Crippen LogP contribution in [0.25, 0.3) is 0 Å². The first-order valence-electron chi connectivity index (χ1n) is 7.94. The summed E-state index contributed by atoms with van der Waals surface area (Å²) in [6, 6.07) is 7.89. The monoisotopic (exact) mass is 313 g/mol. The minimum atomic E-state index is -0.961. The topological polar surface area (TPSA) is 66.8 Å². The lowest BCUT2D eigenvalue weighted by molar-refractivity contribution is -0.146. The molecule has 5 nitrogen and oxygen atoms in total. The third kappa shape index (κ3) is 1.89. The summed E-state index contributed by atoms with van der Waals surface area (Å²) in [6.07, 6.45) is 3.18. The van der Waals surface area contributed by atoms with E-state index in [-0.39, 0.29) is 5.91 Å². The summed E-state index contributed by atoms with van der Waals surface area (Å²) < 4.78 is 5.89. The van der Waals surface area contributed by atoms with Gasteiger partial charge in [0.1, 0.15) is 11.5 Å². The Hall–Kier alpha value is -2.14. The van der Waals surface area contributed by atoms with E-state index in [0.29, 0.717) is 12.5 Å². The van der Waals surface area contributed by atoms with Gasteiger partial charge in [-0.3, -0.25) is 9.59 Å². The Morgan fingerprint density at radius 3 is 2.65 bits per heavy atom.